The van der Waals surface area contributed by atoms with Gasteiger partial charge in [0.1, 0.15) is 11.6 Å². The molecular weight excluding hydrogens is 362 g/mol. The molecule has 0 amide bonds. The number of hydrogen-bond donors (Lipinski definition) is 1. The predicted octanol–water partition coefficient (Wildman–Crippen LogP) is 2.28. The van der Waals surface area contributed by atoms with Gasteiger partial charge >= 0.3 is 0 Å². The fraction of sp³-hybridized carbons (Fsp3) is 0.333. The Morgan fingerprint density at radius 3 is 2.35 bits per heavy atom. The van der Waals surface area contributed by atoms with Gasteiger partial charge in [0.05, 0.1) is 18.1 Å². The van der Waals surface area contributed by atoms with Crippen molar-refractivity contribution in [2.75, 3.05) is 26.3 Å². The van der Waals surface area contributed by atoms with Gasteiger partial charge in [0, 0.05) is 37.8 Å². The van der Waals surface area contributed by atoms with E-state index in [0.29, 0.717) is 38.4 Å². The quantitative estimate of drug-likeness (QED) is 0.833. The van der Waals surface area contributed by atoms with Crippen LogP contribution in [0, 0.1) is 11.6 Å². The molecule has 140 valence electrons. The Morgan fingerprint density at radius 1 is 1.00 bits per heavy atom. The first-order valence-corrected chi connectivity index (χ1v) is 9.72. The number of sulfonamides is 1. The minimum atomic E-state index is -3.50. The molecule has 2 aromatic rings. The standard InChI is InChI=1S/C18H20F2N2O3S/c19-16-4-3-15(18(20)11-16)13-21-12-14-1-5-17(6-2-14)26(23,24)22-7-9-25-10-8-22/h1-6,11,21H,7-10,12-13H2. The Labute approximate surface area is 151 Å². The van der Waals surface area contributed by atoms with Crippen LogP contribution in [-0.2, 0) is 27.8 Å². The summed E-state index contributed by atoms with van der Waals surface area (Å²) in [4.78, 5) is 0.243. The van der Waals surface area contributed by atoms with Gasteiger partial charge in [0.2, 0.25) is 10.0 Å². The molecule has 0 aliphatic carbocycles. The molecule has 2 aromatic carbocycles. The van der Waals surface area contributed by atoms with Crippen molar-refractivity contribution in [2.24, 2.45) is 0 Å². The fourth-order valence-electron chi connectivity index (χ4n) is 2.72. The van der Waals surface area contributed by atoms with E-state index in [0.717, 1.165) is 11.6 Å². The van der Waals surface area contributed by atoms with Crippen molar-refractivity contribution in [1.29, 1.82) is 0 Å². The van der Waals surface area contributed by atoms with Crippen LogP contribution in [-0.4, -0.2) is 39.0 Å². The maximum atomic E-state index is 13.6. The van der Waals surface area contributed by atoms with E-state index in [1.54, 1.807) is 24.3 Å². The highest BCUT2D eigenvalue weighted by atomic mass is 32.2. The predicted molar refractivity (Wildman–Crippen MR) is 92.9 cm³/mol. The first-order valence-electron chi connectivity index (χ1n) is 8.28. The summed E-state index contributed by atoms with van der Waals surface area (Å²) < 4.78 is 58.2. The summed E-state index contributed by atoms with van der Waals surface area (Å²) in [5.74, 6) is -1.20. The smallest absolute Gasteiger partial charge is 0.243 e. The zero-order valence-corrected chi connectivity index (χ0v) is 14.9. The van der Waals surface area contributed by atoms with Crippen molar-refractivity contribution in [2.45, 2.75) is 18.0 Å². The van der Waals surface area contributed by atoms with Crippen molar-refractivity contribution in [3.63, 3.8) is 0 Å². The molecule has 0 unspecified atom stereocenters. The van der Waals surface area contributed by atoms with Crippen molar-refractivity contribution in [3.8, 4) is 0 Å². The number of halogens is 2. The molecule has 1 saturated heterocycles. The summed E-state index contributed by atoms with van der Waals surface area (Å²) in [7, 11) is -3.50. The number of morpholine rings is 1. The highest BCUT2D eigenvalue weighted by Crippen LogP contribution is 2.18. The third kappa shape index (κ3) is 4.45. The lowest BCUT2D eigenvalue weighted by atomic mass is 10.2. The fourth-order valence-corrected chi connectivity index (χ4v) is 4.13. The van der Waals surface area contributed by atoms with Gasteiger partial charge in [-0.3, -0.25) is 0 Å². The number of ether oxygens (including phenoxy) is 1. The van der Waals surface area contributed by atoms with Gasteiger partial charge in [-0.05, 0) is 23.8 Å². The van der Waals surface area contributed by atoms with Crippen LogP contribution in [0.3, 0.4) is 0 Å². The van der Waals surface area contributed by atoms with Gasteiger partial charge in [0.15, 0.2) is 0 Å². The van der Waals surface area contributed by atoms with Gasteiger partial charge in [-0.25, -0.2) is 17.2 Å². The first-order chi connectivity index (χ1) is 12.5. The van der Waals surface area contributed by atoms with Gasteiger partial charge in [-0.15, -0.1) is 0 Å². The van der Waals surface area contributed by atoms with E-state index in [4.69, 9.17) is 4.74 Å². The maximum absolute atomic E-state index is 13.6. The van der Waals surface area contributed by atoms with Crippen LogP contribution < -0.4 is 5.32 Å². The van der Waals surface area contributed by atoms with Crippen LogP contribution in [0.5, 0.6) is 0 Å². The van der Waals surface area contributed by atoms with Crippen LogP contribution in [0.2, 0.25) is 0 Å². The van der Waals surface area contributed by atoms with E-state index in [1.165, 1.54) is 16.4 Å². The largest absolute Gasteiger partial charge is 0.379 e. The summed E-state index contributed by atoms with van der Waals surface area (Å²) in [6, 6.07) is 10.0. The zero-order valence-electron chi connectivity index (χ0n) is 14.1. The third-order valence-corrected chi connectivity index (χ3v) is 6.10. The van der Waals surface area contributed by atoms with E-state index < -0.39 is 21.7 Å². The molecule has 1 fully saturated rings. The third-order valence-electron chi connectivity index (χ3n) is 4.19. The van der Waals surface area contributed by atoms with Gasteiger partial charge < -0.3 is 10.1 Å². The highest BCUT2D eigenvalue weighted by molar-refractivity contribution is 7.89. The average Bonchev–Trinajstić information content (AvgIpc) is 2.65. The topological polar surface area (TPSA) is 58.6 Å². The molecule has 0 spiro atoms. The molecule has 1 N–H and O–H groups in total. The molecule has 0 atom stereocenters. The van der Waals surface area contributed by atoms with Gasteiger partial charge in [-0.2, -0.15) is 4.31 Å². The summed E-state index contributed by atoms with van der Waals surface area (Å²) in [5, 5.41) is 3.06. The Balaban J connectivity index is 1.59. The van der Waals surface area contributed by atoms with E-state index in [1.807, 2.05) is 0 Å². The van der Waals surface area contributed by atoms with Crippen LogP contribution in [0.1, 0.15) is 11.1 Å². The molecule has 3 rings (SSSR count). The Hall–Kier alpha value is -1.87. The molecule has 8 heteroatoms. The Bertz CT molecular complexity index is 851. The number of hydrogen-bond acceptors (Lipinski definition) is 4. The number of benzene rings is 2. The lowest BCUT2D eigenvalue weighted by Crippen LogP contribution is -2.40. The molecule has 1 aliphatic rings. The van der Waals surface area contributed by atoms with Crippen molar-refractivity contribution in [3.05, 3.63) is 65.2 Å². The summed E-state index contributed by atoms with van der Waals surface area (Å²) in [5.41, 5.74) is 1.24. The van der Waals surface area contributed by atoms with Crippen LogP contribution >= 0.6 is 0 Å². The second-order valence-electron chi connectivity index (χ2n) is 6.00. The lowest BCUT2D eigenvalue weighted by Gasteiger charge is -2.26. The molecule has 0 radical (unpaired) electrons. The Morgan fingerprint density at radius 2 is 1.69 bits per heavy atom. The van der Waals surface area contributed by atoms with Crippen molar-refractivity contribution >= 4 is 10.0 Å². The highest BCUT2D eigenvalue weighted by Gasteiger charge is 2.25. The van der Waals surface area contributed by atoms with E-state index in [9.17, 15) is 17.2 Å². The second-order valence-corrected chi connectivity index (χ2v) is 7.94. The molecule has 26 heavy (non-hydrogen) atoms. The molecule has 0 aromatic heterocycles. The minimum Gasteiger partial charge on any atom is -0.379 e. The Kier molecular flexibility index (Phi) is 5.98. The monoisotopic (exact) mass is 382 g/mol. The molecule has 0 saturated carbocycles. The summed E-state index contributed by atoms with van der Waals surface area (Å²) in [6.45, 7) is 2.21. The van der Waals surface area contributed by atoms with Gasteiger partial charge in [0.25, 0.3) is 0 Å². The summed E-state index contributed by atoms with van der Waals surface area (Å²) >= 11 is 0. The SMILES string of the molecule is O=S(=O)(c1ccc(CNCc2ccc(F)cc2F)cc1)N1CCOCC1. The van der Waals surface area contributed by atoms with Crippen molar-refractivity contribution in [1.82, 2.24) is 9.62 Å². The van der Waals surface area contributed by atoms with Crippen LogP contribution in [0.25, 0.3) is 0 Å². The normalized spacial score (nSPS) is 15.9. The molecule has 1 aliphatic heterocycles. The van der Waals surface area contributed by atoms with E-state index in [-0.39, 0.29) is 11.4 Å². The number of nitrogens with one attached hydrogen (secondary N) is 1. The first kappa shape index (κ1) is 18.9. The van der Waals surface area contributed by atoms with E-state index in [2.05, 4.69) is 5.32 Å². The molecule has 5 nitrogen and oxygen atoms in total. The van der Waals surface area contributed by atoms with Gasteiger partial charge in [-0.1, -0.05) is 18.2 Å². The molecular formula is C18H20F2N2O3S. The molecule has 0 bridgehead atoms. The average molecular weight is 382 g/mol. The maximum Gasteiger partial charge on any atom is 0.243 e. The van der Waals surface area contributed by atoms with E-state index >= 15 is 0 Å². The number of rotatable bonds is 6. The molecule has 1 heterocycles. The zero-order chi connectivity index (χ0) is 18.6. The second kappa shape index (κ2) is 8.22. The lowest BCUT2D eigenvalue weighted by molar-refractivity contribution is 0.0730. The summed E-state index contributed by atoms with van der Waals surface area (Å²) in [6.07, 6.45) is 0. The van der Waals surface area contributed by atoms with Crippen LogP contribution in [0.15, 0.2) is 47.4 Å². The number of nitrogens with zero attached hydrogens (tertiary/aromatic N) is 1. The minimum absolute atomic E-state index is 0.243. The van der Waals surface area contributed by atoms with Crippen LogP contribution in [0.4, 0.5) is 8.78 Å². The van der Waals surface area contributed by atoms with Crippen molar-refractivity contribution < 1.29 is 21.9 Å².